The van der Waals surface area contributed by atoms with Gasteiger partial charge in [-0.3, -0.25) is 9.59 Å². The van der Waals surface area contributed by atoms with Gasteiger partial charge >= 0.3 is 5.97 Å². The Kier molecular flexibility index (Phi) is 6.16. The van der Waals surface area contributed by atoms with Gasteiger partial charge in [0.25, 0.3) is 5.91 Å². The second-order valence-electron chi connectivity index (χ2n) is 9.16. The van der Waals surface area contributed by atoms with Gasteiger partial charge in [0.1, 0.15) is 0 Å². The second-order valence-corrected chi connectivity index (χ2v) is 9.16. The Morgan fingerprint density at radius 3 is 2.11 bits per heavy atom. The molecular weight excluding hydrogens is 456 g/mol. The van der Waals surface area contributed by atoms with Gasteiger partial charge in [0, 0.05) is 12.1 Å². The molecule has 0 bridgehead atoms. The highest BCUT2D eigenvalue weighted by molar-refractivity contribution is 5.86. The zero-order chi connectivity index (χ0) is 25.3. The van der Waals surface area contributed by atoms with E-state index in [1.165, 1.54) is 0 Å². The topological polar surface area (TPSA) is 113 Å². The van der Waals surface area contributed by atoms with Crippen molar-refractivity contribution in [3.63, 3.8) is 0 Å². The standard InChI is InChI=1S/C29H26N2O5/c1-18-24(25(32)27(33)30-17-19-5-3-2-4-6-19)26(36-31-18)22-9-7-20(8-10-22)21-11-13-23(14-12-21)29(15-16-29)28(34)35/h2-14,25,32H,15-17H2,1H3,(H,30,33)(H,34,35). The molecule has 36 heavy (non-hydrogen) atoms. The maximum absolute atomic E-state index is 12.7. The molecule has 1 heterocycles. The van der Waals surface area contributed by atoms with Crippen LogP contribution in [0.5, 0.6) is 0 Å². The van der Waals surface area contributed by atoms with Crippen molar-refractivity contribution in [2.24, 2.45) is 0 Å². The van der Waals surface area contributed by atoms with Gasteiger partial charge in [0.05, 0.1) is 16.7 Å². The third-order valence-corrected chi connectivity index (χ3v) is 6.82. The Balaban J connectivity index is 1.32. The largest absolute Gasteiger partial charge is 0.481 e. The lowest BCUT2D eigenvalue weighted by Crippen LogP contribution is -2.29. The first kappa shape index (κ1) is 23.5. The van der Waals surface area contributed by atoms with E-state index in [2.05, 4.69) is 10.5 Å². The van der Waals surface area contributed by atoms with Crippen molar-refractivity contribution in [1.82, 2.24) is 10.5 Å². The van der Waals surface area contributed by atoms with Crippen LogP contribution in [0.1, 0.15) is 41.3 Å². The minimum absolute atomic E-state index is 0.303. The number of benzene rings is 3. The number of carboxylic acids is 1. The molecule has 3 aromatic carbocycles. The molecule has 1 aliphatic carbocycles. The number of aliphatic hydroxyl groups is 1. The first-order valence-corrected chi connectivity index (χ1v) is 11.8. The van der Waals surface area contributed by atoms with Gasteiger partial charge < -0.3 is 20.1 Å². The van der Waals surface area contributed by atoms with Crippen molar-refractivity contribution in [2.45, 2.75) is 37.8 Å². The van der Waals surface area contributed by atoms with Gasteiger partial charge in [-0.15, -0.1) is 0 Å². The van der Waals surface area contributed by atoms with Crippen LogP contribution >= 0.6 is 0 Å². The normalized spacial score (nSPS) is 14.7. The molecule has 3 N–H and O–H groups in total. The number of aliphatic hydroxyl groups excluding tert-OH is 1. The molecule has 1 amide bonds. The molecule has 1 atom stereocenters. The molecule has 7 heteroatoms. The molecule has 7 nitrogen and oxygen atoms in total. The van der Waals surface area contributed by atoms with E-state index in [0.29, 0.717) is 42.0 Å². The molecule has 0 aliphatic heterocycles. The quantitative estimate of drug-likeness (QED) is 0.333. The summed E-state index contributed by atoms with van der Waals surface area (Å²) in [4.78, 5) is 24.2. The third kappa shape index (κ3) is 4.41. The highest BCUT2D eigenvalue weighted by Gasteiger charge is 2.51. The number of rotatable bonds is 8. The Labute approximate surface area is 208 Å². The lowest BCUT2D eigenvalue weighted by Gasteiger charge is -2.13. The van der Waals surface area contributed by atoms with Crippen LogP contribution in [-0.4, -0.2) is 27.2 Å². The smallest absolute Gasteiger partial charge is 0.314 e. The van der Waals surface area contributed by atoms with E-state index >= 15 is 0 Å². The minimum Gasteiger partial charge on any atom is -0.481 e. The first-order valence-electron chi connectivity index (χ1n) is 11.8. The summed E-state index contributed by atoms with van der Waals surface area (Å²) >= 11 is 0. The van der Waals surface area contributed by atoms with Crippen molar-refractivity contribution >= 4 is 11.9 Å². The Morgan fingerprint density at radius 1 is 0.944 bits per heavy atom. The van der Waals surface area contributed by atoms with Gasteiger partial charge in [-0.2, -0.15) is 0 Å². The zero-order valence-electron chi connectivity index (χ0n) is 19.8. The summed E-state index contributed by atoms with van der Waals surface area (Å²) in [6, 6.07) is 24.6. The SMILES string of the molecule is Cc1noc(-c2ccc(-c3ccc(C4(C(=O)O)CC4)cc3)cc2)c1C(O)C(=O)NCc1ccccc1. The average molecular weight is 483 g/mol. The van der Waals surface area contributed by atoms with Gasteiger partial charge in [0.2, 0.25) is 0 Å². The average Bonchev–Trinajstić information content (AvgIpc) is 3.64. The van der Waals surface area contributed by atoms with E-state index in [-0.39, 0.29) is 0 Å². The van der Waals surface area contributed by atoms with Crippen LogP contribution in [0.2, 0.25) is 0 Å². The fourth-order valence-electron chi connectivity index (χ4n) is 4.47. The maximum Gasteiger partial charge on any atom is 0.314 e. The number of nitrogens with one attached hydrogen (secondary N) is 1. The van der Waals surface area contributed by atoms with Crippen molar-refractivity contribution in [1.29, 1.82) is 0 Å². The summed E-state index contributed by atoms with van der Waals surface area (Å²) in [5.41, 5.74) is 4.40. The van der Waals surface area contributed by atoms with Crippen molar-refractivity contribution in [2.75, 3.05) is 0 Å². The van der Waals surface area contributed by atoms with E-state index < -0.39 is 23.4 Å². The summed E-state index contributed by atoms with van der Waals surface area (Å²) in [6.45, 7) is 1.99. The van der Waals surface area contributed by atoms with E-state index in [9.17, 15) is 19.8 Å². The number of carbonyl (C=O) groups is 2. The number of aromatic nitrogens is 1. The molecule has 1 fully saturated rings. The fourth-order valence-corrected chi connectivity index (χ4v) is 4.47. The summed E-state index contributed by atoms with van der Waals surface area (Å²) < 4.78 is 5.50. The monoisotopic (exact) mass is 482 g/mol. The van der Waals surface area contributed by atoms with E-state index in [1.54, 1.807) is 6.92 Å². The third-order valence-electron chi connectivity index (χ3n) is 6.82. The van der Waals surface area contributed by atoms with E-state index in [1.807, 2.05) is 78.9 Å². The van der Waals surface area contributed by atoms with Crippen LogP contribution in [0.25, 0.3) is 22.5 Å². The summed E-state index contributed by atoms with van der Waals surface area (Å²) in [7, 11) is 0. The van der Waals surface area contributed by atoms with Crippen LogP contribution in [0, 0.1) is 6.92 Å². The number of nitrogens with zero attached hydrogens (tertiary/aromatic N) is 1. The molecule has 0 radical (unpaired) electrons. The van der Waals surface area contributed by atoms with Gasteiger partial charge in [0.15, 0.2) is 11.9 Å². The number of aryl methyl sites for hydroxylation is 1. The zero-order valence-corrected chi connectivity index (χ0v) is 19.8. The van der Waals surface area contributed by atoms with Crippen LogP contribution in [0.3, 0.4) is 0 Å². The second kappa shape index (κ2) is 9.43. The maximum atomic E-state index is 12.7. The lowest BCUT2D eigenvalue weighted by atomic mass is 9.93. The van der Waals surface area contributed by atoms with Crippen LogP contribution in [-0.2, 0) is 21.5 Å². The van der Waals surface area contributed by atoms with Gasteiger partial charge in [-0.05, 0) is 42.0 Å². The number of aliphatic carboxylic acids is 1. The van der Waals surface area contributed by atoms with Gasteiger partial charge in [-0.25, -0.2) is 0 Å². The van der Waals surface area contributed by atoms with Crippen molar-refractivity contribution < 1.29 is 24.3 Å². The van der Waals surface area contributed by atoms with Gasteiger partial charge in [-0.1, -0.05) is 84.0 Å². The predicted molar refractivity (Wildman–Crippen MR) is 134 cm³/mol. The molecule has 1 unspecified atom stereocenters. The number of hydrogen-bond donors (Lipinski definition) is 3. The molecule has 1 saturated carbocycles. The molecule has 4 aromatic rings. The molecule has 1 aromatic heterocycles. The highest BCUT2D eigenvalue weighted by Crippen LogP contribution is 2.48. The predicted octanol–water partition coefficient (Wildman–Crippen LogP) is 4.78. The van der Waals surface area contributed by atoms with E-state index in [0.717, 1.165) is 22.3 Å². The fraction of sp³-hybridized carbons (Fsp3) is 0.207. The summed E-state index contributed by atoms with van der Waals surface area (Å²) in [5.74, 6) is -0.958. The number of amides is 1. The summed E-state index contributed by atoms with van der Waals surface area (Å²) in [5, 5.41) is 27.0. The van der Waals surface area contributed by atoms with Crippen LogP contribution < -0.4 is 5.32 Å². The molecule has 5 rings (SSSR count). The van der Waals surface area contributed by atoms with Crippen LogP contribution in [0.15, 0.2) is 83.4 Å². The molecule has 1 aliphatic rings. The first-order chi connectivity index (χ1) is 17.4. The van der Waals surface area contributed by atoms with E-state index in [4.69, 9.17) is 4.52 Å². The highest BCUT2D eigenvalue weighted by atomic mass is 16.5. The van der Waals surface area contributed by atoms with Crippen molar-refractivity contribution in [3.05, 3.63) is 101 Å². The number of carbonyl (C=O) groups excluding carboxylic acids is 1. The van der Waals surface area contributed by atoms with Crippen LogP contribution in [0.4, 0.5) is 0 Å². The lowest BCUT2D eigenvalue weighted by molar-refractivity contribution is -0.140. The minimum atomic E-state index is -1.42. The Bertz CT molecular complexity index is 1390. The Hall–Kier alpha value is -4.23. The molecule has 0 spiro atoms. The number of carboxylic acid groups (broad SMARTS) is 1. The molecular formula is C29H26N2O5. The summed E-state index contributed by atoms with van der Waals surface area (Å²) in [6.07, 6.45) is -0.0807. The van der Waals surface area contributed by atoms with Crippen molar-refractivity contribution in [3.8, 4) is 22.5 Å². The number of hydrogen-bond acceptors (Lipinski definition) is 5. The Morgan fingerprint density at radius 2 is 1.53 bits per heavy atom. The molecule has 0 saturated heterocycles. The molecule has 182 valence electrons.